The van der Waals surface area contributed by atoms with Gasteiger partial charge in [-0.25, -0.2) is 0 Å². The number of carbonyl (C=O) groups excluding carboxylic acids is 1. The van der Waals surface area contributed by atoms with Crippen LogP contribution in [0.5, 0.6) is 0 Å². The minimum atomic E-state index is 0.147. The van der Waals surface area contributed by atoms with Crippen LogP contribution in [0, 0.1) is 6.92 Å². The van der Waals surface area contributed by atoms with Crippen LogP contribution in [0.15, 0.2) is 33.7 Å². The second-order valence-electron chi connectivity index (χ2n) is 4.62. The summed E-state index contributed by atoms with van der Waals surface area (Å²) in [7, 11) is 0. The monoisotopic (exact) mass is 290 g/mol. The third-order valence-electron chi connectivity index (χ3n) is 2.84. The van der Waals surface area contributed by atoms with Gasteiger partial charge in [0.1, 0.15) is 5.78 Å². The summed E-state index contributed by atoms with van der Waals surface area (Å²) < 4.78 is 5.11. The van der Waals surface area contributed by atoms with Crippen LogP contribution in [0.25, 0.3) is 0 Å². The maximum absolute atomic E-state index is 11.5. The number of aryl methyl sites for hydroxylation is 1. The topological polar surface area (TPSA) is 56.0 Å². The largest absolute Gasteiger partial charge is 0.339 e. The molecule has 0 saturated carbocycles. The van der Waals surface area contributed by atoms with E-state index in [4.69, 9.17) is 4.52 Å². The second-order valence-corrected chi connectivity index (χ2v) is 5.64. The van der Waals surface area contributed by atoms with Crippen molar-refractivity contribution in [3.8, 4) is 0 Å². The van der Waals surface area contributed by atoms with Gasteiger partial charge in [-0.3, -0.25) is 4.79 Å². The Labute approximate surface area is 123 Å². The van der Waals surface area contributed by atoms with Gasteiger partial charge < -0.3 is 4.52 Å². The first-order valence-electron chi connectivity index (χ1n) is 6.70. The molecule has 1 aromatic heterocycles. The minimum Gasteiger partial charge on any atom is -0.339 e. The number of Topliss-reactive ketones (excluding diaryl/α,β-unsaturated/α-hetero) is 1. The van der Waals surface area contributed by atoms with E-state index < -0.39 is 0 Å². The van der Waals surface area contributed by atoms with Crippen molar-refractivity contribution in [3.63, 3.8) is 0 Å². The molecule has 1 heterocycles. The summed E-state index contributed by atoms with van der Waals surface area (Å²) in [5.74, 6) is 1.85. The molecule has 106 valence electrons. The Morgan fingerprint density at radius 2 is 2.15 bits per heavy atom. The molecule has 5 heteroatoms. The van der Waals surface area contributed by atoms with E-state index in [1.54, 1.807) is 11.8 Å². The van der Waals surface area contributed by atoms with Crippen molar-refractivity contribution in [2.45, 2.75) is 43.8 Å². The van der Waals surface area contributed by atoms with Gasteiger partial charge in [0.05, 0.1) is 12.2 Å². The van der Waals surface area contributed by atoms with Gasteiger partial charge in [0.25, 0.3) is 0 Å². The summed E-state index contributed by atoms with van der Waals surface area (Å²) in [5.41, 5.74) is 1.24. The van der Waals surface area contributed by atoms with Gasteiger partial charge >= 0.3 is 0 Å². The maximum atomic E-state index is 11.5. The zero-order valence-electron chi connectivity index (χ0n) is 11.8. The molecule has 4 nitrogen and oxygen atoms in total. The van der Waals surface area contributed by atoms with Crippen LogP contribution in [-0.2, 0) is 17.0 Å². The second kappa shape index (κ2) is 7.24. The number of carbonyl (C=O) groups is 1. The molecule has 2 rings (SSSR count). The first-order valence-corrected chi connectivity index (χ1v) is 7.69. The Bertz CT molecular complexity index is 581. The molecule has 0 aliphatic carbocycles. The molecule has 0 atom stereocenters. The number of hydrogen-bond acceptors (Lipinski definition) is 5. The average molecular weight is 290 g/mol. The van der Waals surface area contributed by atoms with Crippen molar-refractivity contribution in [1.82, 2.24) is 10.1 Å². The first-order chi connectivity index (χ1) is 9.69. The number of hydrogen-bond donors (Lipinski definition) is 0. The van der Waals surface area contributed by atoms with Crippen LogP contribution in [0.4, 0.5) is 0 Å². The first kappa shape index (κ1) is 14.8. The van der Waals surface area contributed by atoms with E-state index >= 15 is 0 Å². The summed E-state index contributed by atoms with van der Waals surface area (Å²) in [5, 5.41) is 3.91. The fraction of sp³-hybridized carbons (Fsp3) is 0.400. The standard InChI is InChI=1S/C15H18N2O2S/c1-3-6-12(18)9-15-16-14(17-19-15)10-20-13-8-5-4-7-11(13)2/h4-5,7-8H,3,6,9-10H2,1-2H3. The van der Waals surface area contributed by atoms with Gasteiger partial charge in [-0.05, 0) is 25.0 Å². The van der Waals surface area contributed by atoms with Crippen LogP contribution in [0.3, 0.4) is 0 Å². The van der Waals surface area contributed by atoms with E-state index in [-0.39, 0.29) is 12.2 Å². The third kappa shape index (κ3) is 4.20. The number of thioether (sulfide) groups is 1. The quantitative estimate of drug-likeness (QED) is 0.729. The predicted molar refractivity (Wildman–Crippen MR) is 78.7 cm³/mol. The molecule has 0 amide bonds. The SMILES string of the molecule is CCCC(=O)Cc1nc(CSc2ccccc2C)no1. The van der Waals surface area contributed by atoms with Crippen LogP contribution in [0.2, 0.25) is 0 Å². The smallest absolute Gasteiger partial charge is 0.234 e. The molecular formula is C15H18N2O2S. The van der Waals surface area contributed by atoms with E-state index in [0.29, 0.717) is 23.9 Å². The summed E-state index contributed by atoms with van der Waals surface area (Å²) in [4.78, 5) is 17.0. The van der Waals surface area contributed by atoms with Crippen molar-refractivity contribution in [2.24, 2.45) is 0 Å². The molecular weight excluding hydrogens is 272 g/mol. The summed E-state index contributed by atoms with van der Waals surface area (Å²) in [6.45, 7) is 4.06. The minimum absolute atomic E-state index is 0.147. The highest BCUT2D eigenvalue weighted by atomic mass is 32.2. The number of ketones is 1. The highest BCUT2D eigenvalue weighted by molar-refractivity contribution is 7.98. The molecule has 0 aliphatic rings. The molecule has 0 bridgehead atoms. The van der Waals surface area contributed by atoms with Crippen LogP contribution in [0.1, 0.15) is 37.0 Å². The molecule has 1 aromatic carbocycles. The number of rotatable bonds is 7. The highest BCUT2D eigenvalue weighted by Gasteiger charge is 2.11. The summed E-state index contributed by atoms with van der Waals surface area (Å²) >= 11 is 1.67. The third-order valence-corrected chi connectivity index (χ3v) is 4.01. The van der Waals surface area contributed by atoms with Crippen molar-refractivity contribution < 1.29 is 9.32 Å². The Morgan fingerprint density at radius 1 is 1.35 bits per heavy atom. The van der Waals surface area contributed by atoms with Gasteiger partial charge in [0, 0.05) is 11.3 Å². The van der Waals surface area contributed by atoms with E-state index in [9.17, 15) is 4.79 Å². The lowest BCUT2D eigenvalue weighted by atomic mass is 10.2. The average Bonchev–Trinajstić information content (AvgIpc) is 2.85. The molecule has 20 heavy (non-hydrogen) atoms. The molecule has 0 N–H and O–H groups in total. The number of benzene rings is 1. The van der Waals surface area contributed by atoms with Gasteiger partial charge in [-0.15, -0.1) is 11.8 Å². The predicted octanol–water partition coefficient (Wildman–Crippen LogP) is 3.58. The van der Waals surface area contributed by atoms with E-state index in [1.165, 1.54) is 10.5 Å². The Kier molecular flexibility index (Phi) is 5.35. The Balaban J connectivity index is 1.90. The van der Waals surface area contributed by atoms with Gasteiger partial charge in [-0.2, -0.15) is 4.98 Å². The zero-order chi connectivity index (χ0) is 14.4. The Hall–Kier alpha value is -1.62. The van der Waals surface area contributed by atoms with Crippen molar-refractivity contribution in [2.75, 3.05) is 0 Å². The van der Waals surface area contributed by atoms with Crippen LogP contribution >= 0.6 is 11.8 Å². The fourth-order valence-electron chi connectivity index (χ4n) is 1.82. The van der Waals surface area contributed by atoms with E-state index in [0.717, 1.165) is 6.42 Å². The molecule has 0 spiro atoms. The van der Waals surface area contributed by atoms with Gasteiger partial charge in [0.2, 0.25) is 5.89 Å². The fourth-order valence-corrected chi connectivity index (χ4v) is 2.69. The lowest BCUT2D eigenvalue weighted by Gasteiger charge is -2.01. The highest BCUT2D eigenvalue weighted by Crippen LogP contribution is 2.24. The molecule has 2 aromatic rings. The van der Waals surface area contributed by atoms with Crippen molar-refractivity contribution in [3.05, 3.63) is 41.5 Å². The maximum Gasteiger partial charge on any atom is 0.234 e. The molecule has 0 unspecified atom stereocenters. The lowest BCUT2D eigenvalue weighted by Crippen LogP contribution is -2.02. The van der Waals surface area contributed by atoms with Crippen molar-refractivity contribution in [1.29, 1.82) is 0 Å². The van der Waals surface area contributed by atoms with E-state index in [2.05, 4.69) is 29.2 Å². The summed E-state index contributed by atoms with van der Waals surface area (Å²) in [6.07, 6.45) is 1.66. The molecule has 0 aliphatic heterocycles. The molecule has 0 radical (unpaired) electrons. The van der Waals surface area contributed by atoms with Crippen molar-refractivity contribution >= 4 is 17.5 Å². The summed E-state index contributed by atoms with van der Waals surface area (Å²) in [6, 6.07) is 8.19. The van der Waals surface area contributed by atoms with Gasteiger partial charge in [0.15, 0.2) is 5.82 Å². The Morgan fingerprint density at radius 3 is 2.90 bits per heavy atom. The normalized spacial score (nSPS) is 10.7. The number of nitrogens with zero attached hydrogens (tertiary/aromatic N) is 2. The lowest BCUT2D eigenvalue weighted by molar-refractivity contribution is -0.118. The van der Waals surface area contributed by atoms with Crippen LogP contribution < -0.4 is 0 Å². The van der Waals surface area contributed by atoms with Crippen LogP contribution in [-0.4, -0.2) is 15.9 Å². The zero-order valence-corrected chi connectivity index (χ0v) is 12.6. The molecule has 0 fully saturated rings. The number of aromatic nitrogens is 2. The molecule has 0 saturated heterocycles. The van der Waals surface area contributed by atoms with E-state index in [1.807, 2.05) is 19.1 Å². The van der Waals surface area contributed by atoms with Gasteiger partial charge in [-0.1, -0.05) is 30.3 Å².